The lowest BCUT2D eigenvalue weighted by Gasteiger charge is -2.37. The molecule has 4 heteroatoms. The number of rotatable bonds is 3. The fourth-order valence-electron chi connectivity index (χ4n) is 3.09. The van der Waals surface area contributed by atoms with Gasteiger partial charge in [0.25, 0.3) is 0 Å². The molecule has 0 amide bonds. The second kappa shape index (κ2) is 5.72. The normalized spacial score (nSPS) is 31.4. The van der Waals surface area contributed by atoms with E-state index < -0.39 is 0 Å². The number of para-hydroxylation sites is 1. The van der Waals surface area contributed by atoms with Gasteiger partial charge in [-0.1, -0.05) is 18.2 Å². The molecule has 0 aliphatic carbocycles. The van der Waals surface area contributed by atoms with Crippen molar-refractivity contribution >= 4 is 0 Å². The van der Waals surface area contributed by atoms with Crippen molar-refractivity contribution < 1.29 is 14.2 Å². The summed E-state index contributed by atoms with van der Waals surface area (Å²) in [6.07, 6.45) is 2.99. The van der Waals surface area contributed by atoms with Gasteiger partial charge in [-0.05, 0) is 13.0 Å². The molecule has 1 aromatic carbocycles. The minimum Gasteiger partial charge on any atom is -0.490 e. The molecule has 3 rings (SSSR count). The quantitative estimate of drug-likeness (QED) is 0.922. The summed E-state index contributed by atoms with van der Waals surface area (Å²) >= 11 is 0. The molecule has 110 valence electrons. The fraction of sp³-hybridized carbons (Fsp3) is 0.625. The van der Waals surface area contributed by atoms with E-state index in [-0.39, 0.29) is 17.7 Å². The molecule has 0 saturated carbocycles. The number of hydrogen-bond acceptors (Lipinski definition) is 4. The molecule has 2 saturated heterocycles. The van der Waals surface area contributed by atoms with Crippen molar-refractivity contribution in [1.82, 2.24) is 0 Å². The number of ether oxygens (including phenoxy) is 3. The van der Waals surface area contributed by atoms with Crippen molar-refractivity contribution in [2.45, 2.75) is 43.9 Å². The zero-order chi connectivity index (χ0) is 14.0. The second-order valence-electron chi connectivity index (χ2n) is 5.89. The lowest BCUT2D eigenvalue weighted by Crippen LogP contribution is -2.44. The summed E-state index contributed by atoms with van der Waals surface area (Å²) in [6.45, 7) is 4.22. The van der Waals surface area contributed by atoms with E-state index in [0.29, 0.717) is 6.61 Å². The van der Waals surface area contributed by atoms with Crippen LogP contribution in [0.3, 0.4) is 0 Å². The van der Waals surface area contributed by atoms with Crippen molar-refractivity contribution in [3.05, 3.63) is 29.8 Å². The van der Waals surface area contributed by atoms with Crippen molar-refractivity contribution in [3.8, 4) is 5.75 Å². The molecule has 2 aliphatic rings. The molecule has 0 radical (unpaired) electrons. The molecule has 2 unspecified atom stereocenters. The van der Waals surface area contributed by atoms with Crippen LogP contribution in [-0.2, 0) is 9.47 Å². The first-order chi connectivity index (χ1) is 9.69. The zero-order valence-corrected chi connectivity index (χ0v) is 12.0. The van der Waals surface area contributed by atoms with Crippen LogP contribution in [0.4, 0.5) is 0 Å². The minimum absolute atomic E-state index is 0.0187. The second-order valence-corrected chi connectivity index (χ2v) is 5.89. The third-order valence-electron chi connectivity index (χ3n) is 4.22. The summed E-state index contributed by atoms with van der Waals surface area (Å²) in [5.41, 5.74) is 6.96. The molecule has 0 bridgehead atoms. The van der Waals surface area contributed by atoms with Crippen LogP contribution in [0, 0.1) is 0 Å². The van der Waals surface area contributed by atoms with E-state index in [1.54, 1.807) is 0 Å². The van der Waals surface area contributed by atoms with Crippen molar-refractivity contribution in [1.29, 1.82) is 0 Å². The Labute approximate surface area is 120 Å². The van der Waals surface area contributed by atoms with Gasteiger partial charge in [-0.25, -0.2) is 0 Å². The number of benzene rings is 1. The van der Waals surface area contributed by atoms with Crippen LogP contribution in [0.25, 0.3) is 0 Å². The largest absolute Gasteiger partial charge is 0.490 e. The Kier molecular flexibility index (Phi) is 3.96. The van der Waals surface area contributed by atoms with Crippen molar-refractivity contribution in [3.63, 3.8) is 0 Å². The zero-order valence-electron chi connectivity index (χ0n) is 12.0. The average molecular weight is 277 g/mol. The smallest absolute Gasteiger partial charge is 0.124 e. The molecule has 1 aromatic rings. The van der Waals surface area contributed by atoms with Crippen molar-refractivity contribution in [2.75, 3.05) is 19.8 Å². The highest BCUT2D eigenvalue weighted by atomic mass is 16.6. The first-order valence-electron chi connectivity index (χ1n) is 7.41. The summed E-state index contributed by atoms with van der Waals surface area (Å²) in [5.74, 6) is 0.906. The van der Waals surface area contributed by atoms with Crippen molar-refractivity contribution in [2.24, 2.45) is 5.73 Å². The van der Waals surface area contributed by atoms with Crippen LogP contribution in [0.2, 0.25) is 0 Å². The Morgan fingerprint density at radius 3 is 2.95 bits per heavy atom. The molecular weight excluding hydrogens is 254 g/mol. The number of hydrogen-bond donors (Lipinski definition) is 1. The van der Waals surface area contributed by atoms with E-state index >= 15 is 0 Å². The Morgan fingerprint density at radius 2 is 2.20 bits per heavy atom. The lowest BCUT2D eigenvalue weighted by atomic mass is 9.91. The summed E-state index contributed by atoms with van der Waals surface area (Å²) in [4.78, 5) is 0. The van der Waals surface area contributed by atoms with Crippen LogP contribution in [0.15, 0.2) is 24.3 Å². The van der Waals surface area contributed by atoms with Crippen LogP contribution < -0.4 is 10.5 Å². The predicted octanol–water partition coefficient (Wildman–Crippen LogP) is 2.42. The monoisotopic (exact) mass is 277 g/mol. The maximum Gasteiger partial charge on any atom is 0.124 e. The third-order valence-corrected chi connectivity index (χ3v) is 4.22. The average Bonchev–Trinajstić information content (AvgIpc) is 2.87. The Morgan fingerprint density at radius 1 is 1.35 bits per heavy atom. The van der Waals surface area contributed by atoms with Gasteiger partial charge in [-0.15, -0.1) is 0 Å². The van der Waals surface area contributed by atoms with Gasteiger partial charge in [0.1, 0.15) is 11.9 Å². The van der Waals surface area contributed by atoms with Gasteiger partial charge >= 0.3 is 0 Å². The highest BCUT2D eigenvalue weighted by Gasteiger charge is 2.41. The first kappa shape index (κ1) is 13.9. The highest BCUT2D eigenvalue weighted by Crippen LogP contribution is 2.35. The van der Waals surface area contributed by atoms with E-state index in [0.717, 1.165) is 43.8 Å². The van der Waals surface area contributed by atoms with Crippen LogP contribution in [-0.4, -0.2) is 31.5 Å². The van der Waals surface area contributed by atoms with E-state index in [4.69, 9.17) is 19.9 Å². The van der Waals surface area contributed by atoms with Gasteiger partial charge in [0.2, 0.25) is 0 Å². The number of nitrogens with two attached hydrogens (primary N) is 1. The van der Waals surface area contributed by atoms with Gasteiger partial charge in [-0.2, -0.15) is 0 Å². The Balaban J connectivity index is 1.71. The van der Waals surface area contributed by atoms with Gasteiger partial charge in [0.15, 0.2) is 0 Å². The maximum atomic E-state index is 6.22. The molecule has 3 atom stereocenters. The SMILES string of the molecule is C[C@@H](N)c1ccccc1OC1CCOC2(CCOC2)C1. The topological polar surface area (TPSA) is 53.7 Å². The van der Waals surface area contributed by atoms with E-state index in [2.05, 4.69) is 0 Å². The first-order valence-corrected chi connectivity index (χ1v) is 7.41. The maximum absolute atomic E-state index is 6.22. The van der Waals surface area contributed by atoms with Gasteiger partial charge in [0.05, 0.1) is 18.8 Å². The van der Waals surface area contributed by atoms with Crippen LogP contribution >= 0.6 is 0 Å². The predicted molar refractivity (Wildman–Crippen MR) is 76.8 cm³/mol. The third kappa shape index (κ3) is 2.82. The minimum atomic E-state index is -0.119. The standard InChI is InChI=1S/C16H23NO3/c1-12(17)14-4-2-3-5-15(14)20-13-6-8-19-16(10-13)7-9-18-11-16/h2-5,12-13H,6-11,17H2,1H3/t12-,13?,16?/m1/s1. The van der Waals surface area contributed by atoms with Crippen LogP contribution in [0.5, 0.6) is 5.75 Å². The summed E-state index contributed by atoms with van der Waals surface area (Å²) < 4.78 is 17.7. The summed E-state index contributed by atoms with van der Waals surface area (Å²) in [7, 11) is 0. The Hall–Kier alpha value is -1.10. The molecule has 4 nitrogen and oxygen atoms in total. The van der Waals surface area contributed by atoms with E-state index in [9.17, 15) is 0 Å². The molecule has 2 fully saturated rings. The molecule has 2 heterocycles. The molecule has 2 N–H and O–H groups in total. The van der Waals surface area contributed by atoms with Gasteiger partial charge < -0.3 is 19.9 Å². The molecule has 0 aromatic heterocycles. The Bertz CT molecular complexity index is 455. The molecule has 20 heavy (non-hydrogen) atoms. The van der Waals surface area contributed by atoms with Crippen LogP contribution in [0.1, 0.15) is 37.8 Å². The van der Waals surface area contributed by atoms with E-state index in [1.807, 2.05) is 31.2 Å². The molecule has 2 aliphatic heterocycles. The highest BCUT2D eigenvalue weighted by molar-refractivity contribution is 5.35. The summed E-state index contributed by atoms with van der Waals surface area (Å²) in [6, 6.07) is 8.02. The van der Waals surface area contributed by atoms with Gasteiger partial charge in [-0.3, -0.25) is 0 Å². The summed E-state index contributed by atoms with van der Waals surface area (Å²) in [5, 5.41) is 0. The fourth-order valence-corrected chi connectivity index (χ4v) is 3.09. The molecular formula is C16H23NO3. The van der Waals surface area contributed by atoms with E-state index in [1.165, 1.54) is 0 Å². The molecule has 1 spiro atoms. The lowest BCUT2D eigenvalue weighted by molar-refractivity contribution is -0.112. The van der Waals surface area contributed by atoms with Gasteiger partial charge in [0, 0.05) is 37.5 Å².